The molecule has 0 bridgehead atoms. The Morgan fingerprint density at radius 2 is 2.18 bits per heavy atom. The monoisotopic (exact) mass is 415 g/mol. The van der Waals surface area contributed by atoms with Gasteiger partial charge in [0.2, 0.25) is 0 Å². The molecule has 0 radical (unpaired) electrons. The van der Waals surface area contributed by atoms with Gasteiger partial charge < -0.3 is 15.8 Å². The average Bonchev–Trinajstić information content (AvgIpc) is 2.99. The summed E-state index contributed by atoms with van der Waals surface area (Å²) in [6.07, 6.45) is 4.60. The van der Waals surface area contributed by atoms with E-state index in [2.05, 4.69) is 15.4 Å². The molecule has 0 aliphatic carbocycles. The predicted molar refractivity (Wildman–Crippen MR) is 99.5 cm³/mol. The van der Waals surface area contributed by atoms with Crippen LogP contribution in [0.3, 0.4) is 0 Å². The molecule has 1 aromatic carbocycles. The topological polar surface area (TPSA) is 77.5 Å². The summed E-state index contributed by atoms with van der Waals surface area (Å²) in [4.78, 5) is 4.32. The van der Waals surface area contributed by atoms with Crippen LogP contribution >= 0.6 is 24.0 Å². The van der Waals surface area contributed by atoms with Crippen LogP contribution in [-0.2, 0) is 17.9 Å². The molecule has 0 saturated heterocycles. The average molecular weight is 415 g/mol. The normalized spacial score (nSPS) is 11.0. The van der Waals surface area contributed by atoms with Crippen LogP contribution in [0.1, 0.15) is 12.0 Å². The van der Waals surface area contributed by atoms with E-state index in [0.717, 1.165) is 24.2 Å². The van der Waals surface area contributed by atoms with E-state index in [-0.39, 0.29) is 24.0 Å². The van der Waals surface area contributed by atoms with E-state index in [0.29, 0.717) is 19.1 Å². The highest BCUT2D eigenvalue weighted by molar-refractivity contribution is 14.0. The van der Waals surface area contributed by atoms with Crippen LogP contribution in [0.2, 0.25) is 0 Å². The number of guanidine groups is 1. The van der Waals surface area contributed by atoms with Gasteiger partial charge in [-0.3, -0.25) is 9.67 Å². The number of hydrogen-bond donors (Lipinski definition) is 2. The fourth-order valence-electron chi connectivity index (χ4n) is 1.97. The van der Waals surface area contributed by atoms with Crippen molar-refractivity contribution in [3.8, 4) is 0 Å². The lowest BCUT2D eigenvalue weighted by Gasteiger charge is -2.10. The summed E-state index contributed by atoms with van der Waals surface area (Å²) in [6, 6.07) is 9.78. The quantitative estimate of drug-likeness (QED) is 0.315. The fourth-order valence-corrected chi connectivity index (χ4v) is 1.97. The molecule has 0 atom stereocenters. The van der Waals surface area contributed by atoms with Gasteiger partial charge in [-0.15, -0.1) is 24.0 Å². The molecule has 1 heterocycles. The van der Waals surface area contributed by atoms with Gasteiger partial charge in [-0.1, -0.05) is 18.2 Å². The molecule has 3 N–H and O–H groups in total. The Bertz CT molecular complexity index is 571. The smallest absolute Gasteiger partial charge is 0.193 e. The van der Waals surface area contributed by atoms with Gasteiger partial charge in [0, 0.05) is 43.8 Å². The number of nitrogens with one attached hydrogen (secondary N) is 1. The summed E-state index contributed by atoms with van der Waals surface area (Å²) in [7, 11) is 1.67. The highest BCUT2D eigenvalue weighted by Gasteiger charge is 2.02. The largest absolute Gasteiger partial charge is 0.380 e. The van der Waals surface area contributed by atoms with E-state index in [1.165, 1.54) is 0 Å². The fraction of sp³-hybridized carbons (Fsp3) is 0.333. The van der Waals surface area contributed by atoms with Crippen molar-refractivity contribution in [2.24, 2.45) is 10.7 Å². The van der Waals surface area contributed by atoms with Gasteiger partial charge in [0.05, 0.1) is 6.61 Å². The third kappa shape index (κ3) is 6.02. The van der Waals surface area contributed by atoms with Crippen molar-refractivity contribution in [3.63, 3.8) is 0 Å². The second kappa shape index (κ2) is 10.2. The molecule has 2 aromatic rings. The van der Waals surface area contributed by atoms with Crippen molar-refractivity contribution in [3.05, 3.63) is 48.3 Å². The van der Waals surface area contributed by atoms with Crippen molar-refractivity contribution in [2.75, 3.05) is 19.0 Å². The van der Waals surface area contributed by atoms with Gasteiger partial charge in [0.15, 0.2) is 5.96 Å². The molecule has 0 fully saturated rings. The number of benzene rings is 1. The molecule has 120 valence electrons. The highest BCUT2D eigenvalue weighted by Crippen LogP contribution is 2.15. The predicted octanol–water partition coefficient (Wildman–Crippen LogP) is 2.46. The zero-order valence-electron chi connectivity index (χ0n) is 12.6. The molecule has 1 aromatic heterocycles. The molecule has 0 aliphatic rings. The van der Waals surface area contributed by atoms with Gasteiger partial charge >= 0.3 is 0 Å². The number of aryl methyl sites for hydroxylation is 1. The number of para-hydroxylation sites is 1. The van der Waals surface area contributed by atoms with Crippen LogP contribution < -0.4 is 11.1 Å². The zero-order valence-corrected chi connectivity index (χ0v) is 14.9. The molecule has 0 unspecified atom stereocenters. The van der Waals surface area contributed by atoms with E-state index in [4.69, 9.17) is 10.5 Å². The Kier molecular flexibility index (Phi) is 8.53. The first-order chi connectivity index (χ1) is 10.3. The minimum atomic E-state index is 0. The second-order valence-electron chi connectivity index (χ2n) is 4.60. The number of hydrogen-bond acceptors (Lipinski definition) is 3. The van der Waals surface area contributed by atoms with Crippen molar-refractivity contribution >= 4 is 35.6 Å². The molecule has 0 amide bonds. The summed E-state index contributed by atoms with van der Waals surface area (Å²) in [6.45, 7) is 2.03. The number of nitrogens with zero attached hydrogens (tertiary/aromatic N) is 3. The second-order valence-corrected chi connectivity index (χ2v) is 4.60. The zero-order chi connectivity index (χ0) is 14.9. The molecular formula is C15H22IN5O. The third-order valence-electron chi connectivity index (χ3n) is 2.97. The van der Waals surface area contributed by atoms with Crippen LogP contribution in [0.4, 0.5) is 5.69 Å². The van der Waals surface area contributed by atoms with E-state index < -0.39 is 0 Å². The standard InChI is InChI=1S/C15H21N5O.HI/c1-21-12-13-6-2-3-7-14(13)19-15(16)17-8-4-10-20-11-5-9-18-20;/h2-3,5-7,9,11H,4,8,10,12H2,1H3,(H3,16,17,19);1H. The Hall–Kier alpha value is -1.61. The lowest BCUT2D eigenvalue weighted by Crippen LogP contribution is -2.23. The number of methoxy groups -OCH3 is 1. The molecule has 0 aliphatic heterocycles. The van der Waals surface area contributed by atoms with Gasteiger partial charge in [-0.25, -0.2) is 0 Å². The SMILES string of the molecule is COCc1ccccc1NC(N)=NCCCn1cccn1.I. The van der Waals surface area contributed by atoms with E-state index in [9.17, 15) is 0 Å². The van der Waals surface area contributed by atoms with Crippen molar-refractivity contribution in [1.29, 1.82) is 0 Å². The van der Waals surface area contributed by atoms with Crippen LogP contribution in [0.5, 0.6) is 0 Å². The van der Waals surface area contributed by atoms with Crippen LogP contribution in [0, 0.1) is 0 Å². The number of aromatic nitrogens is 2. The van der Waals surface area contributed by atoms with E-state index in [1.54, 1.807) is 13.3 Å². The summed E-state index contributed by atoms with van der Waals surface area (Å²) in [5, 5.41) is 7.25. The molecule has 0 spiro atoms. The molecule has 6 nitrogen and oxygen atoms in total. The lowest BCUT2D eigenvalue weighted by molar-refractivity contribution is 0.185. The molecular weight excluding hydrogens is 393 g/mol. The highest BCUT2D eigenvalue weighted by atomic mass is 127. The van der Waals surface area contributed by atoms with Crippen molar-refractivity contribution in [1.82, 2.24) is 9.78 Å². The first-order valence-corrected chi connectivity index (χ1v) is 6.91. The maximum Gasteiger partial charge on any atom is 0.193 e. The minimum Gasteiger partial charge on any atom is -0.380 e. The number of halogens is 1. The Morgan fingerprint density at radius 1 is 1.36 bits per heavy atom. The van der Waals surface area contributed by atoms with Crippen LogP contribution in [-0.4, -0.2) is 29.4 Å². The first-order valence-electron chi connectivity index (χ1n) is 6.91. The summed E-state index contributed by atoms with van der Waals surface area (Å²) < 4.78 is 7.04. The molecule has 0 saturated carbocycles. The minimum absolute atomic E-state index is 0. The van der Waals surface area contributed by atoms with Crippen molar-refractivity contribution < 1.29 is 4.74 Å². The summed E-state index contributed by atoms with van der Waals surface area (Å²) in [5.41, 5.74) is 7.88. The lowest BCUT2D eigenvalue weighted by atomic mass is 10.2. The Morgan fingerprint density at radius 3 is 2.91 bits per heavy atom. The van der Waals surface area contributed by atoms with Crippen LogP contribution in [0.25, 0.3) is 0 Å². The number of nitrogens with two attached hydrogens (primary N) is 1. The molecule has 22 heavy (non-hydrogen) atoms. The molecule has 7 heteroatoms. The van der Waals surface area contributed by atoms with Gasteiger partial charge in [0.25, 0.3) is 0 Å². The maximum atomic E-state index is 5.91. The van der Waals surface area contributed by atoms with Crippen molar-refractivity contribution in [2.45, 2.75) is 19.6 Å². The first kappa shape index (κ1) is 18.4. The summed E-state index contributed by atoms with van der Waals surface area (Å²) in [5.74, 6) is 0.416. The van der Waals surface area contributed by atoms with Gasteiger partial charge in [0.1, 0.15) is 0 Å². The Balaban J connectivity index is 0.00000242. The van der Waals surface area contributed by atoms with Gasteiger partial charge in [-0.05, 0) is 18.6 Å². The number of anilines is 1. The van der Waals surface area contributed by atoms with Gasteiger partial charge in [-0.2, -0.15) is 5.10 Å². The van der Waals surface area contributed by atoms with Crippen LogP contribution in [0.15, 0.2) is 47.7 Å². The maximum absolute atomic E-state index is 5.91. The number of rotatable bonds is 7. The third-order valence-corrected chi connectivity index (χ3v) is 2.97. The molecule has 2 rings (SSSR count). The summed E-state index contributed by atoms with van der Waals surface area (Å²) >= 11 is 0. The number of ether oxygens (including phenoxy) is 1. The number of aliphatic imine (C=N–C) groups is 1. The Labute approximate surface area is 147 Å². The van der Waals surface area contributed by atoms with E-state index >= 15 is 0 Å². The van der Waals surface area contributed by atoms with E-state index in [1.807, 2.05) is 41.2 Å².